The minimum absolute atomic E-state index is 0.0874. The Kier molecular flexibility index (Phi) is 4.59. The fraction of sp³-hybridized carbons (Fsp3) is 0.312. The molecule has 0 saturated heterocycles. The minimum Gasteiger partial charge on any atom is -0.461 e. The second-order valence-electron chi connectivity index (χ2n) is 5.60. The molecule has 1 atom stereocenters. The number of aromatic nitrogens is 2. The molecule has 0 spiro atoms. The lowest BCUT2D eigenvalue weighted by Gasteiger charge is -2.11. The van der Waals surface area contributed by atoms with Crippen molar-refractivity contribution in [2.24, 2.45) is 0 Å². The van der Waals surface area contributed by atoms with Crippen LogP contribution in [0.25, 0.3) is 11.0 Å². The molecule has 0 amide bonds. The third-order valence-corrected chi connectivity index (χ3v) is 3.81. The SMILES string of the molecule is Cc1oc2ccccc2c1CNCC(O)Cn1cc([N+](=O)[O-])cn1. The van der Waals surface area contributed by atoms with E-state index in [1.807, 2.05) is 31.2 Å². The number of aryl methyl sites for hydroxylation is 1. The summed E-state index contributed by atoms with van der Waals surface area (Å²) in [6, 6.07) is 7.81. The third-order valence-electron chi connectivity index (χ3n) is 3.81. The largest absolute Gasteiger partial charge is 0.461 e. The topological polar surface area (TPSA) is 106 Å². The number of nitro groups is 1. The van der Waals surface area contributed by atoms with Crippen LogP contribution in [0.3, 0.4) is 0 Å². The minimum atomic E-state index is -0.706. The van der Waals surface area contributed by atoms with E-state index in [1.54, 1.807) is 0 Å². The Bertz CT molecular complexity index is 855. The van der Waals surface area contributed by atoms with E-state index < -0.39 is 11.0 Å². The summed E-state index contributed by atoms with van der Waals surface area (Å²) in [7, 11) is 0. The van der Waals surface area contributed by atoms with E-state index in [9.17, 15) is 15.2 Å². The van der Waals surface area contributed by atoms with E-state index in [2.05, 4.69) is 10.4 Å². The Labute approximate surface area is 137 Å². The zero-order valence-electron chi connectivity index (χ0n) is 13.2. The van der Waals surface area contributed by atoms with Crippen LogP contribution in [0.1, 0.15) is 11.3 Å². The number of para-hydroxylation sites is 1. The van der Waals surface area contributed by atoms with Gasteiger partial charge in [0.15, 0.2) is 0 Å². The molecule has 1 aromatic carbocycles. The van der Waals surface area contributed by atoms with E-state index >= 15 is 0 Å². The molecular weight excluding hydrogens is 312 g/mol. The number of furan rings is 1. The van der Waals surface area contributed by atoms with Crippen molar-refractivity contribution in [2.75, 3.05) is 6.54 Å². The maximum absolute atomic E-state index is 10.6. The van der Waals surface area contributed by atoms with Crippen molar-refractivity contribution >= 4 is 16.7 Å². The van der Waals surface area contributed by atoms with Crippen molar-refractivity contribution in [3.8, 4) is 0 Å². The van der Waals surface area contributed by atoms with Gasteiger partial charge in [0.25, 0.3) is 0 Å². The summed E-state index contributed by atoms with van der Waals surface area (Å²) in [5.74, 6) is 0.848. The normalized spacial score (nSPS) is 12.6. The first-order valence-corrected chi connectivity index (χ1v) is 7.57. The van der Waals surface area contributed by atoms with Crippen molar-refractivity contribution in [1.29, 1.82) is 0 Å². The molecule has 2 N–H and O–H groups in total. The molecule has 3 rings (SSSR count). The highest BCUT2D eigenvalue weighted by molar-refractivity contribution is 5.82. The molecule has 0 radical (unpaired) electrons. The standard InChI is InChI=1S/C16H18N4O4/c1-11-15(14-4-2-3-5-16(14)24-11)8-17-7-13(21)10-19-9-12(6-18-19)20(22)23/h2-6,9,13,17,21H,7-8,10H2,1H3. The Morgan fingerprint density at radius 2 is 2.25 bits per heavy atom. The molecule has 0 aliphatic rings. The van der Waals surface area contributed by atoms with Crippen molar-refractivity contribution in [2.45, 2.75) is 26.1 Å². The molecular formula is C16H18N4O4. The molecule has 0 saturated carbocycles. The second-order valence-corrected chi connectivity index (χ2v) is 5.60. The van der Waals surface area contributed by atoms with Crippen LogP contribution in [0.5, 0.6) is 0 Å². The molecule has 1 unspecified atom stereocenters. The van der Waals surface area contributed by atoms with E-state index in [-0.39, 0.29) is 12.2 Å². The van der Waals surface area contributed by atoms with Gasteiger partial charge in [-0.1, -0.05) is 18.2 Å². The molecule has 2 heterocycles. The smallest absolute Gasteiger partial charge is 0.306 e. The van der Waals surface area contributed by atoms with Crippen molar-refractivity contribution in [3.05, 3.63) is 58.1 Å². The van der Waals surface area contributed by atoms with Gasteiger partial charge in [-0.25, -0.2) is 0 Å². The van der Waals surface area contributed by atoms with Crippen LogP contribution in [0.15, 0.2) is 41.1 Å². The first-order valence-electron chi connectivity index (χ1n) is 7.57. The van der Waals surface area contributed by atoms with Gasteiger partial charge < -0.3 is 14.8 Å². The molecule has 24 heavy (non-hydrogen) atoms. The first-order chi connectivity index (χ1) is 11.5. The number of rotatable bonds is 7. The third kappa shape index (κ3) is 3.44. The van der Waals surface area contributed by atoms with Crippen molar-refractivity contribution in [3.63, 3.8) is 0 Å². The van der Waals surface area contributed by atoms with E-state index in [0.717, 1.165) is 22.3 Å². The predicted molar refractivity (Wildman–Crippen MR) is 87.5 cm³/mol. The summed E-state index contributed by atoms with van der Waals surface area (Å²) in [5.41, 5.74) is 1.82. The van der Waals surface area contributed by atoms with Gasteiger partial charge in [0, 0.05) is 24.0 Å². The highest BCUT2D eigenvalue weighted by Gasteiger charge is 2.13. The van der Waals surface area contributed by atoms with Gasteiger partial charge in [0.1, 0.15) is 23.7 Å². The molecule has 3 aromatic rings. The van der Waals surface area contributed by atoms with Crippen LogP contribution in [0.4, 0.5) is 5.69 Å². The molecule has 2 aromatic heterocycles. The average molecular weight is 330 g/mol. The molecule has 0 fully saturated rings. The number of nitrogens with zero attached hydrogens (tertiary/aromatic N) is 3. The summed E-state index contributed by atoms with van der Waals surface area (Å²) in [6.07, 6.45) is 1.76. The maximum atomic E-state index is 10.6. The first kappa shape index (κ1) is 16.2. The lowest BCUT2D eigenvalue weighted by Crippen LogP contribution is -2.30. The molecule has 0 aliphatic heterocycles. The fourth-order valence-electron chi connectivity index (χ4n) is 2.63. The predicted octanol–water partition coefficient (Wildman–Crippen LogP) is 2.00. The van der Waals surface area contributed by atoms with Crippen LogP contribution in [-0.2, 0) is 13.1 Å². The van der Waals surface area contributed by atoms with Gasteiger partial charge in [-0.3, -0.25) is 14.8 Å². The highest BCUT2D eigenvalue weighted by atomic mass is 16.6. The summed E-state index contributed by atoms with van der Waals surface area (Å²) in [5, 5.41) is 28.8. The van der Waals surface area contributed by atoms with Gasteiger partial charge in [0.05, 0.1) is 17.6 Å². The number of benzene rings is 1. The quantitative estimate of drug-likeness (QED) is 0.507. The number of hydrogen-bond donors (Lipinski definition) is 2. The number of nitrogens with one attached hydrogen (secondary N) is 1. The summed E-state index contributed by atoms with van der Waals surface area (Å²) >= 11 is 0. The van der Waals surface area contributed by atoms with Gasteiger partial charge in [-0.15, -0.1) is 0 Å². The summed E-state index contributed by atoms with van der Waals surface area (Å²) in [4.78, 5) is 10.1. The van der Waals surface area contributed by atoms with Gasteiger partial charge in [-0.05, 0) is 13.0 Å². The average Bonchev–Trinajstić information content (AvgIpc) is 3.12. The van der Waals surface area contributed by atoms with Gasteiger partial charge in [0.2, 0.25) is 0 Å². The van der Waals surface area contributed by atoms with E-state index in [0.29, 0.717) is 13.1 Å². The zero-order chi connectivity index (χ0) is 17.1. The Balaban J connectivity index is 1.55. The lowest BCUT2D eigenvalue weighted by molar-refractivity contribution is -0.385. The molecule has 8 heteroatoms. The van der Waals surface area contributed by atoms with Crippen LogP contribution >= 0.6 is 0 Å². The Morgan fingerprint density at radius 1 is 1.46 bits per heavy atom. The number of aliphatic hydroxyl groups is 1. The fourth-order valence-corrected chi connectivity index (χ4v) is 2.63. The van der Waals surface area contributed by atoms with Crippen molar-refractivity contribution < 1.29 is 14.4 Å². The lowest BCUT2D eigenvalue weighted by atomic mass is 10.1. The highest BCUT2D eigenvalue weighted by Crippen LogP contribution is 2.24. The number of fused-ring (bicyclic) bond motifs is 1. The van der Waals surface area contributed by atoms with Crippen LogP contribution in [-0.4, -0.2) is 32.5 Å². The second kappa shape index (κ2) is 6.81. The van der Waals surface area contributed by atoms with Crippen LogP contribution < -0.4 is 5.32 Å². The Morgan fingerprint density at radius 3 is 3.00 bits per heavy atom. The van der Waals surface area contributed by atoms with E-state index in [1.165, 1.54) is 17.1 Å². The molecule has 0 aliphatic carbocycles. The summed E-state index contributed by atoms with van der Waals surface area (Å²) < 4.78 is 7.06. The monoisotopic (exact) mass is 330 g/mol. The zero-order valence-corrected chi connectivity index (χ0v) is 13.2. The number of aliphatic hydroxyl groups excluding tert-OH is 1. The molecule has 126 valence electrons. The van der Waals surface area contributed by atoms with Gasteiger partial charge >= 0.3 is 5.69 Å². The van der Waals surface area contributed by atoms with Gasteiger partial charge in [-0.2, -0.15) is 5.10 Å². The van der Waals surface area contributed by atoms with E-state index in [4.69, 9.17) is 4.42 Å². The number of hydrogen-bond acceptors (Lipinski definition) is 6. The summed E-state index contributed by atoms with van der Waals surface area (Å²) in [6.45, 7) is 3.01. The maximum Gasteiger partial charge on any atom is 0.306 e. The molecule has 0 bridgehead atoms. The van der Waals surface area contributed by atoms with Crippen molar-refractivity contribution in [1.82, 2.24) is 15.1 Å². The molecule has 8 nitrogen and oxygen atoms in total. The van der Waals surface area contributed by atoms with Crippen LogP contribution in [0.2, 0.25) is 0 Å². The Hall–Kier alpha value is -2.71. The van der Waals surface area contributed by atoms with Crippen LogP contribution in [0, 0.1) is 17.0 Å².